The van der Waals surface area contributed by atoms with Crippen LogP contribution in [-0.4, -0.2) is 23.7 Å². The van der Waals surface area contributed by atoms with E-state index < -0.39 is 0 Å². The van der Waals surface area contributed by atoms with Crippen molar-refractivity contribution < 1.29 is 9.90 Å². The van der Waals surface area contributed by atoms with Gasteiger partial charge in [0.2, 0.25) is 0 Å². The van der Waals surface area contributed by atoms with Crippen molar-refractivity contribution in [3.63, 3.8) is 0 Å². The molecule has 4 N–H and O–H groups in total. The second kappa shape index (κ2) is 6.25. The molecule has 16 heavy (non-hydrogen) atoms. The third kappa shape index (κ3) is 3.32. The number of nitrogens with one attached hydrogen (secondary N) is 1. The number of hydrogen-bond donors (Lipinski definition) is 3. The monoisotopic (exact) mass is 222 g/mol. The van der Waals surface area contributed by atoms with E-state index in [-0.39, 0.29) is 18.6 Å². The summed E-state index contributed by atoms with van der Waals surface area (Å²) >= 11 is 0. The lowest BCUT2D eigenvalue weighted by molar-refractivity contribution is 0.0915. The molecule has 1 aromatic rings. The number of aliphatic hydroxyl groups excluding tert-OH is 1. The molecule has 0 bridgehead atoms. The van der Waals surface area contributed by atoms with Gasteiger partial charge in [0.05, 0.1) is 12.6 Å². The van der Waals surface area contributed by atoms with Crippen molar-refractivity contribution >= 4 is 5.91 Å². The molecule has 0 radical (unpaired) electrons. The minimum Gasteiger partial charge on any atom is -0.394 e. The summed E-state index contributed by atoms with van der Waals surface area (Å²) in [6.07, 6.45) is 0.707. The molecule has 0 fully saturated rings. The smallest absolute Gasteiger partial charge is 0.251 e. The normalized spacial score (nSPS) is 12.2. The van der Waals surface area contributed by atoms with Crippen LogP contribution in [-0.2, 0) is 6.54 Å². The van der Waals surface area contributed by atoms with Gasteiger partial charge in [0.25, 0.3) is 5.91 Å². The Bertz CT molecular complexity index is 349. The first-order valence-corrected chi connectivity index (χ1v) is 5.42. The van der Waals surface area contributed by atoms with Gasteiger partial charge < -0.3 is 16.2 Å². The number of rotatable bonds is 5. The first-order chi connectivity index (χ1) is 7.71. The molecule has 1 aromatic carbocycles. The number of nitrogens with two attached hydrogens (primary N) is 1. The summed E-state index contributed by atoms with van der Waals surface area (Å²) in [6.45, 7) is 2.29. The molecule has 0 aliphatic rings. The molecule has 0 spiro atoms. The Labute approximate surface area is 95.5 Å². The summed E-state index contributed by atoms with van der Waals surface area (Å²) in [7, 11) is 0. The summed E-state index contributed by atoms with van der Waals surface area (Å²) in [6, 6.07) is 6.99. The van der Waals surface area contributed by atoms with E-state index in [0.717, 1.165) is 5.56 Å². The van der Waals surface area contributed by atoms with E-state index in [1.807, 2.05) is 13.0 Å². The largest absolute Gasteiger partial charge is 0.394 e. The summed E-state index contributed by atoms with van der Waals surface area (Å²) in [4.78, 5) is 11.8. The van der Waals surface area contributed by atoms with Crippen LogP contribution in [0.3, 0.4) is 0 Å². The van der Waals surface area contributed by atoms with Gasteiger partial charge in [-0.2, -0.15) is 0 Å². The van der Waals surface area contributed by atoms with Crippen molar-refractivity contribution in [3.8, 4) is 0 Å². The van der Waals surface area contributed by atoms with Crippen molar-refractivity contribution in [2.75, 3.05) is 6.61 Å². The summed E-state index contributed by atoms with van der Waals surface area (Å²) < 4.78 is 0. The molecular weight excluding hydrogens is 204 g/mol. The number of amides is 1. The predicted octanol–water partition coefficient (Wildman–Crippen LogP) is 0.646. The number of carbonyl (C=O) groups is 1. The highest BCUT2D eigenvalue weighted by Gasteiger charge is 2.11. The summed E-state index contributed by atoms with van der Waals surface area (Å²) in [5.41, 5.74) is 7.00. The molecule has 1 amide bonds. The molecule has 4 nitrogen and oxygen atoms in total. The van der Waals surface area contributed by atoms with E-state index in [4.69, 9.17) is 10.8 Å². The molecule has 1 rings (SSSR count). The molecule has 0 saturated carbocycles. The standard InChI is InChI=1S/C12H18N2O2/c1-2-11(8-15)14-12(16)10-5-3-4-9(6-10)7-13/h3-6,11,15H,2,7-8,13H2,1H3,(H,14,16). The first kappa shape index (κ1) is 12.7. The van der Waals surface area contributed by atoms with Crippen LogP contribution in [0, 0.1) is 0 Å². The van der Waals surface area contributed by atoms with Gasteiger partial charge in [-0.25, -0.2) is 0 Å². The average molecular weight is 222 g/mol. The minimum absolute atomic E-state index is 0.0428. The highest BCUT2D eigenvalue weighted by atomic mass is 16.3. The van der Waals surface area contributed by atoms with E-state index in [0.29, 0.717) is 18.5 Å². The third-order valence-corrected chi connectivity index (χ3v) is 2.47. The SMILES string of the molecule is CCC(CO)NC(=O)c1cccc(CN)c1. The average Bonchev–Trinajstić information content (AvgIpc) is 2.35. The Balaban J connectivity index is 2.72. The summed E-state index contributed by atoms with van der Waals surface area (Å²) in [5, 5.41) is 11.7. The molecule has 0 aliphatic carbocycles. The van der Waals surface area contributed by atoms with E-state index in [1.165, 1.54) is 0 Å². The topological polar surface area (TPSA) is 75.3 Å². The molecule has 88 valence electrons. The van der Waals surface area contributed by atoms with Gasteiger partial charge in [-0.3, -0.25) is 4.79 Å². The van der Waals surface area contributed by atoms with Gasteiger partial charge in [-0.15, -0.1) is 0 Å². The molecule has 0 aromatic heterocycles. The molecule has 4 heteroatoms. The van der Waals surface area contributed by atoms with Crippen LogP contribution in [0.2, 0.25) is 0 Å². The second-order valence-electron chi connectivity index (χ2n) is 3.67. The van der Waals surface area contributed by atoms with Crippen LogP contribution >= 0.6 is 0 Å². The quantitative estimate of drug-likeness (QED) is 0.684. The molecule has 1 unspecified atom stereocenters. The van der Waals surface area contributed by atoms with E-state index in [9.17, 15) is 4.79 Å². The van der Waals surface area contributed by atoms with E-state index >= 15 is 0 Å². The second-order valence-corrected chi connectivity index (χ2v) is 3.67. The van der Waals surface area contributed by atoms with Crippen molar-refractivity contribution in [2.24, 2.45) is 5.73 Å². The van der Waals surface area contributed by atoms with Crippen molar-refractivity contribution in [1.82, 2.24) is 5.32 Å². The third-order valence-electron chi connectivity index (χ3n) is 2.47. The van der Waals surface area contributed by atoms with Crippen LogP contribution in [0.5, 0.6) is 0 Å². The Morgan fingerprint density at radius 3 is 2.88 bits per heavy atom. The summed E-state index contributed by atoms with van der Waals surface area (Å²) in [5.74, 6) is -0.170. The van der Waals surface area contributed by atoms with E-state index in [1.54, 1.807) is 18.2 Å². The van der Waals surface area contributed by atoms with Gasteiger partial charge in [0, 0.05) is 12.1 Å². The van der Waals surface area contributed by atoms with Gasteiger partial charge >= 0.3 is 0 Å². The van der Waals surface area contributed by atoms with Crippen LogP contribution in [0.25, 0.3) is 0 Å². The van der Waals surface area contributed by atoms with Crippen LogP contribution in [0.1, 0.15) is 29.3 Å². The van der Waals surface area contributed by atoms with Gasteiger partial charge in [-0.1, -0.05) is 19.1 Å². The lowest BCUT2D eigenvalue weighted by atomic mass is 10.1. The zero-order chi connectivity index (χ0) is 12.0. The zero-order valence-corrected chi connectivity index (χ0v) is 9.44. The van der Waals surface area contributed by atoms with Gasteiger partial charge in [0.1, 0.15) is 0 Å². The fourth-order valence-electron chi connectivity index (χ4n) is 1.39. The highest BCUT2D eigenvalue weighted by molar-refractivity contribution is 5.94. The minimum atomic E-state index is -0.186. The molecular formula is C12H18N2O2. The fourth-order valence-corrected chi connectivity index (χ4v) is 1.39. The Hall–Kier alpha value is -1.39. The van der Waals surface area contributed by atoms with Crippen molar-refractivity contribution in [2.45, 2.75) is 25.9 Å². The lowest BCUT2D eigenvalue weighted by Gasteiger charge is -2.14. The lowest BCUT2D eigenvalue weighted by Crippen LogP contribution is -2.36. The zero-order valence-electron chi connectivity index (χ0n) is 9.44. The highest BCUT2D eigenvalue weighted by Crippen LogP contribution is 2.05. The molecule has 0 aliphatic heterocycles. The molecule has 1 atom stereocenters. The number of aliphatic hydroxyl groups is 1. The maximum Gasteiger partial charge on any atom is 0.251 e. The number of hydrogen-bond acceptors (Lipinski definition) is 3. The van der Waals surface area contributed by atoms with Crippen molar-refractivity contribution in [3.05, 3.63) is 35.4 Å². The van der Waals surface area contributed by atoms with Gasteiger partial charge in [-0.05, 0) is 24.1 Å². The molecule has 0 saturated heterocycles. The van der Waals surface area contributed by atoms with Gasteiger partial charge in [0.15, 0.2) is 0 Å². The number of carbonyl (C=O) groups excluding carboxylic acids is 1. The maximum atomic E-state index is 11.8. The maximum absolute atomic E-state index is 11.8. The molecule has 0 heterocycles. The Morgan fingerprint density at radius 2 is 2.31 bits per heavy atom. The van der Waals surface area contributed by atoms with E-state index in [2.05, 4.69) is 5.32 Å². The Kier molecular flexibility index (Phi) is 4.95. The van der Waals surface area contributed by atoms with Crippen LogP contribution in [0.4, 0.5) is 0 Å². The van der Waals surface area contributed by atoms with Crippen LogP contribution < -0.4 is 11.1 Å². The number of benzene rings is 1. The fraction of sp³-hybridized carbons (Fsp3) is 0.417. The van der Waals surface area contributed by atoms with Crippen LogP contribution in [0.15, 0.2) is 24.3 Å². The predicted molar refractivity (Wildman–Crippen MR) is 63.0 cm³/mol. The Morgan fingerprint density at radius 1 is 1.56 bits per heavy atom. The first-order valence-electron chi connectivity index (χ1n) is 5.42. The van der Waals surface area contributed by atoms with Crippen molar-refractivity contribution in [1.29, 1.82) is 0 Å².